The number of ether oxygens (including phenoxy) is 2. The Morgan fingerprint density at radius 1 is 0.944 bits per heavy atom. The third-order valence-electron chi connectivity index (χ3n) is 5.67. The first-order valence-corrected chi connectivity index (χ1v) is 11.4. The summed E-state index contributed by atoms with van der Waals surface area (Å²) in [5.41, 5.74) is 4.04. The maximum atomic E-state index is 13.4. The zero-order valence-electron chi connectivity index (χ0n) is 20.3. The first kappa shape index (κ1) is 24.5. The fraction of sp³-hybridized carbons (Fsp3) is 0.138. The summed E-state index contributed by atoms with van der Waals surface area (Å²) in [5, 5.41) is 2.76. The van der Waals surface area contributed by atoms with E-state index in [1.165, 1.54) is 12.0 Å². The average molecular weight is 483 g/mol. The Bertz CT molecular complexity index is 1360. The van der Waals surface area contributed by atoms with Gasteiger partial charge in [-0.1, -0.05) is 42.5 Å². The normalized spacial score (nSPS) is 14.2. The van der Waals surface area contributed by atoms with E-state index in [4.69, 9.17) is 9.47 Å². The summed E-state index contributed by atoms with van der Waals surface area (Å²) in [6, 6.07) is 23.6. The van der Waals surface area contributed by atoms with E-state index in [1.807, 2.05) is 49.4 Å². The average Bonchev–Trinajstić information content (AvgIpc) is 3.12. The van der Waals surface area contributed by atoms with Gasteiger partial charge >= 0.3 is 5.97 Å². The molecule has 0 bridgehead atoms. The number of carbonyl (C=O) groups is 3. The van der Waals surface area contributed by atoms with Gasteiger partial charge in [-0.25, -0.2) is 4.79 Å². The number of hydrogen-bond donors (Lipinski definition) is 1. The molecule has 7 nitrogen and oxygen atoms in total. The van der Waals surface area contributed by atoms with Crippen molar-refractivity contribution in [1.82, 2.24) is 0 Å². The van der Waals surface area contributed by atoms with Crippen LogP contribution in [-0.2, 0) is 19.1 Å². The fourth-order valence-electron chi connectivity index (χ4n) is 3.95. The third-order valence-corrected chi connectivity index (χ3v) is 5.67. The number of nitrogens with one attached hydrogen (secondary N) is 1. The Morgan fingerprint density at radius 3 is 2.33 bits per heavy atom. The quantitative estimate of drug-likeness (QED) is 0.383. The van der Waals surface area contributed by atoms with Gasteiger partial charge in [0.15, 0.2) is 6.61 Å². The van der Waals surface area contributed by atoms with Gasteiger partial charge in [-0.3, -0.25) is 14.5 Å². The van der Waals surface area contributed by atoms with E-state index < -0.39 is 5.97 Å². The Morgan fingerprint density at radius 2 is 1.67 bits per heavy atom. The van der Waals surface area contributed by atoms with Crippen LogP contribution < -0.4 is 15.0 Å². The smallest absolute Gasteiger partial charge is 0.340 e. The monoisotopic (exact) mass is 482 g/mol. The van der Waals surface area contributed by atoms with Crippen molar-refractivity contribution in [1.29, 1.82) is 0 Å². The van der Waals surface area contributed by atoms with Gasteiger partial charge in [0.05, 0.1) is 18.3 Å². The third kappa shape index (κ3) is 5.36. The summed E-state index contributed by atoms with van der Waals surface area (Å²) < 4.78 is 10.5. The number of anilines is 2. The maximum absolute atomic E-state index is 13.4. The molecule has 0 saturated heterocycles. The molecule has 0 fully saturated rings. The lowest BCUT2D eigenvalue weighted by Crippen LogP contribution is -2.24. The highest BCUT2D eigenvalue weighted by Crippen LogP contribution is 2.35. The van der Waals surface area contributed by atoms with Crippen LogP contribution in [0, 0.1) is 6.92 Å². The minimum Gasteiger partial charge on any atom is -0.484 e. The van der Waals surface area contributed by atoms with Crippen LogP contribution in [0.15, 0.2) is 95.7 Å². The summed E-state index contributed by atoms with van der Waals surface area (Å²) in [6.45, 7) is 3.52. The zero-order chi connectivity index (χ0) is 25.7. The van der Waals surface area contributed by atoms with Crippen LogP contribution in [0.3, 0.4) is 0 Å². The molecule has 0 atom stereocenters. The fourth-order valence-corrected chi connectivity index (χ4v) is 3.95. The molecule has 2 amide bonds. The first-order chi connectivity index (χ1) is 17.4. The molecule has 0 spiro atoms. The Labute approximate surface area is 209 Å². The van der Waals surface area contributed by atoms with Crippen molar-refractivity contribution in [3.8, 4) is 5.75 Å². The molecule has 4 rings (SSSR count). The van der Waals surface area contributed by atoms with E-state index in [0.717, 1.165) is 5.56 Å². The molecule has 1 aliphatic heterocycles. The number of allylic oxidation sites excluding steroid dienone is 1. The molecule has 3 aromatic rings. The van der Waals surface area contributed by atoms with E-state index in [2.05, 4.69) is 5.32 Å². The lowest BCUT2D eigenvalue weighted by molar-refractivity contribution is -0.136. The second kappa shape index (κ2) is 10.7. The van der Waals surface area contributed by atoms with E-state index in [0.29, 0.717) is 28.4 Å². The largest absolute Gasteiger partial charge is 0.484 e. The van der Waals surface area contributed by atoms with E-state index in [-0.39, 0.29) is 29.6 Å². The molecule has 1 N–H and O–H groups in total. The van der Waals surface area contributed by atoms with Crippen LogP contribution in [0.25, 0.3) is 6.08 Å². The molecule has 0 saturated carbocycles. The highest BCUT2D eigenvalue weighted by Gasteiger charge is 2.37. The number of hydrogen-bond acceptors (Lipinski definition) is 5. The lowest BCUT2D eigenvalue weighted by Gasteiger charge is -2.18. The predicted octanol–water partition coefficient (Wildman–Crippen LogP) is 4.89. The predicted molar refractivity (Wildman–Crippen MR) is 138 cm³/mol. The topological polar surface area (TPSA) is 84.9 Å². The zero-order valence-corrected chi connectivity index (χ0v) is 20.3. The number of para-hydroxylation sites is 1. The molecule has 0 unspecified atom stereocenters. The van der Waals surface area contributed by atoms with E-state index in [9.17, 15) is 14.4 Å². The van der Waals surface area contributed by atoms with Crippen LogP contribution in [0.4, 0.5) is 11.4 Å². The highest BCUT2D eigenvalue weighted by molar-refractivity contribution is 6.23. The molecule has 36 heavy (non-hydrogen) atoms. The molecule has 182 valence electrons. The van der Waals surface area contributed by atoms with Gasteiger partial charge in [0.25, 0.3) is 11.8 Å². The van der Waals surface area contributed by atoms with Crippen molar-refractivity contribution < 1.29 is 23.9 Å². The number of rotatable bonds is 7. The molecule has 3 aromatic carbocycles. The number of nitrogens with zero attached hydrogens (tertiary/aromatic N) is 1. The highest BCUT2D eigenvalue weighted by atomic mass is 16.5. The van der Waals surface area contributed by atoms with Crippen LogP contribution in [0.5, 0.6) is 5.75 Å². The van der Waals surface area contributed by atoms with Crippen LogP contribution in [-0.4, -0.2) is 31.5 Å². The summed E-state index contributed by atoms with van der Waals surface area (Å²) in [4.78, 5) is 39.6. The molecular weight excluding hydrogens is 456 g/mol. The summed E-state index contributed by atoms with van der Waals surface area (Å²) in [7, 11) is 1.29. The minimum absolute atomic E-state index is 0.145. The number of esters is 1. The van der Waals surface area contributed by atoms with Crippen molar-refractivity contribution >= 4 is 35.2 Å². The van der Waals surface area contributed by atoms with Crippen molar-refractivity contribution in [3.05, 3.63) is 107 Å². The van der Waals surface area contributed by atoms with Crippen molar-refractivity contribution in [2.75, 3.05) is 23.9 Å². The standard InChI is InChI=1S/C29H26N2O5/c1-19-8-7-11-23(16-19)31-20(2)27(29(34)35-3)25(28(31)33)17-21-12-14-24(15-13-21)36-18-26(32)30-22-9-5-4-6-10-22/h4-17H,18H2,1-3H3,(H,30,32)/b25-17-. The van der Waals surface area contributed by atoms with Gasteiger partial charge in [0.2, 0.25) is 0 Å². The molecular formula is C29H26N2O5. The van der Waals surface area contributed by atoms with Crippen molar-refractivity contribution in [3.63, 3.8) is 0 Å². The maximum Gasteiger partial charge on any atom is 0.340 e. The Hall–Kier alpha value is -4.65. The van der Waals surface area contributed by atoms with Gasteiger partial charge in [0.1, 0.15) is 5.75 Å². The minimum atomic E-state index is -0.577. The van der Waals surface area contributed by atoms with E-state index in [1.54, 1.807) is 49.4 Å². The number of benzene rings is 3. The van der Waals surface area contributed by atoms with Gasteiger partial charge in [0, 0.05) is 17.1 Å². The van der Waals surface area contributed by atoms with Crippen molar-refractivity contribution in [2.24, 2.45) is 0 Å². The van der Waals surface area contributed by atoms with Crippen molar-refractivity contribution in [2.45, 2.75) is 13.8 Å². The first-order valence-electron chi connectivity index (χ1n) is 11.4. The van der Waals surface area contributed by atoms with Gasteiger partial charge in [-0.05, 0) is 67.4 Å². The number of amides is 2. The van der Waals surface area contributed by atoms with Crippen LogP contribution in [0.1, 0.15) is 18.1 Å². The van der Waals surface area contributed by atoms with Gasteiger partial charge in [-0.2, -0.15) is 0 Å². The molecule has 1 aliphatic rings. The Kier molecular flexibility index (Phi) is 7.30. The molecule has 1 heterocycles. The summed E-state index contributed by atoms with van der Waals surface area (Å²) in [5.74, 6) is -0.661. The Balaban J connectivity index is 1.52. The second-order valence-corrected chi connectivity index (χ2v) is 8.26. The van der Waals surface area contributed by atoms with Crippen LogP contribution in [0.2, 0.25) is 0 Å². The van der Waals surface area contributed by atoms with Gasteiger partial charge < -0.3 is 14.8 Å². The molecule has 7 heteroatoms. The van der Waals surface area contributed by atoms with Gasteiger partial charge in [-0.15, -0.1) is 0 Å². The summed E-state index contributed by atoms with van der Waals surface area (Å²) in [6.07, 6.45) is 1.65. The molecule has 0 radical (unpaired) electrons. The molecule has 0 aliphatic carbocycles. The SMILES string of the molecule is COC(=O)C1=C(C)N(c2cccc(C)c2)C(=O)/C1=C\c1ccc(OCC(=O)Nc2ccccc2)cc1. The lowest BCUT2D eigenvalue weighted by atomic mass is 10.0. The van der Waals surface area contributed by atoms with E-state index >= 15 is 0 Å². The number of methoxy groups -OCH3 is 1. The number of carbonyl (C=O) groups excluding carboxylic acids is 3. The summed E-state index contributed by atoms with van der Waals surface area (Å²) >= 11 is 0. The second-order valence-electron chi connectivity index (χ2n) is 8.26. The van der Waals surface area contributed by atoms with Crippen LogP contribution >= 0.6 is 0 Å². The molecule has 0 aromatic heterocycles. The number of aryl methyl sites for hydroxylation is 1.